The molecule has 1 aromatic heterocycles. The first kappa shape index (κ1) is 13.5. The molecule has 5 nitrogen and oxygen atoms in total. The zero-order chi connectivity index (χ0) is 14.5. The molecular weight excluding hydrogens is 270 g/mol. The molecule has 2 heterocycles. The Morgan fingerprint density at radius 3 is 2.33 bits per heavy atom. The molecule has 0 radical (unpaired) electrons. The minimum atomic E-state index is -0.769. The molecule has 0 bridgehead atoms. The van der Waals surface area contributed by atoms with E-state index in [-0.39, 0.29) is 5.79 Å². The Hall–Kier alpha value is -1.17. The lowest BCUT2D eigenvalue weighted by atomic mass is 9.90. The summed E-state index contributed by atoms with van der Waals surface area (Å²) in [4.78, 5) is 4.22. The van der Waals surface area contributed by atoms with Crippen LogP contribution >= 0.6 is 0 Å². The van der Waals surface area contributed by atoms with Crippen LogP contribution < -0.4 is 4.74 Å². The van der Waals surface area contributed by atoms with Crippen LogP contribution in [0, 0.1) is 11.8 Å². The minimum Gasteiger partial charge on any atom is -0.481 e. The maximum absolute atomic E-state index is 11.0. The fourth-order valence-corrected chi connectivity index (χ4v) is 4.39. The number of methoxy groups -OCH3 is 1. The summed E-state index contributed by atoms with van der Waals surface area (Å²) in [5, 5.41) is 11.0. The lowest BCUT2D eigenvalue weighted by Crippen LogP contribution is -2.30. The number of fused-ring (bicyclic) bond motifs is 1. The molecule has 1 spiro atoms. The number of nitrogens with zero attached hydrogens (tertiary/aromatic N) is 1. The van der Waals surface area contributed by atoms with E-state index in [1.807, 2.05) is 12.1 Å². The standard InChI is InChI=1S/C16H21NO4/c1-19-14-3-2-13(10-17-14)15(18)6-11-8-16(9-12(11)7-15)20-4-5-21-16/h2-3,10-12,18H,4-9H2,1H3/t11-,12+,15?. The maximum Gasteiger partial charge on any atom is 0.212 e. The molecule has 1 aromatic rings. The molecule has 5 heteroatoms. The zero-order valence-corrected chi connectivity index (χ0v) is 12.2. The van der Waals surface area contributed by atoms with E-state index >= 15 is 0 Å². The largest absolute Gasteiger partial charge is 0.481 e. The first-order valence-corrected chi connectivity index (χ1v) is 7.63. The van der Waals surface area contributed by atoms with Crippen LogP contribution in [0.4, 0.5) is 0 Å². The van der Waals surface area contributed by atoms with E-state index in [0.29, 0.717) is 30.9 Å². The van der Waals surface area contributed by atoms with Crippen LogP contribution in [-0.2, 0) is 15.1 Å². The van der Waals surface area contributed by atoms with E-state index in [2.05, 4.69) is 4.98 Å². The van der Waals surface area contributed by atoms with E-state index in [1.165, 1.54) is 0 Å². The third-order valence-corrected chi connectivity index (χ3v) is 5.31. The van der Waals surface area contributed by atoms with Crippen molar-refractivity contribution in [2.45, 2.75) is 37.1 Å². The lowest BCUT2D eigenvalue weighted by molar-refractivity contribution is -0.158. The maximum atomic E-state index is 11.0. The Balaban J connectivity index is 1.51. The van der Waals surface area contributed by atoms with Crippen LogP contribution in [0.15, 0.2) is 18.3 Å². The number of hydrogen-bond donors (Lipinski definition) is 1. The summed E-state index contributed by atoms with van der Waals surface area (Å²) < 4.78 is 16.7. The summed E-state index contributed by atoms with van der Waals surface area (Å²) in [6.45, 7) is 1.40. The second-order valence-electron chi connectivity index (χ2n) is 6.57. The first-order chi connectivity index (χ1) is 10.1. The summed E-state index contributed by atoms with van der Waals surface area (Å²) >= 11 is 0. The predicted molar refractivity (Wildman–Crippen MR) is 74.8 cm³/mol. The second-order valence-corrected chi connectivity index (χ2v) is 6.57. The van der Waals surface area contributed by atoms with Gasteiger partial charge in [-0.25, -0.2) is 4.98 Å². The van der Waals surface area contributed by atoms with Crippen LogP contribution in [-0.4, -0.2) is 36.2 Å². The summed E-state index contributed by atoms with van der Waals surface area (Å²) in [5.41, 5.74) is 0.120. The molecule has 2 saturated carbocycles. The molecule has 1 aliphatic heterocycles. The van der Waals surface area contributed by atoms with Crippen molar-refractivity contribution in [1.82, 2.24) is 4.98 Å². The molecule has 1 saturated heterocycles. The Kier molecular flexibility index (Phi) is 3.00. The highest BCUT2D eigenvalue weighted by atomic mass is 16.7. The molecule has 0 aromatic carbocycles. The van der Waals surface area contributed by atoms with Crippen LogP contribution in [0.25, 0.3) is 0 Å². The highest BCUT2D eigenvalue weighted by molar-refractivity contribution is 5.25. The highest BCUT2D eigenvalue weighted by Gasteiger charge is 2.56. The summed E-state index contributed by atoms with van der Waals surface area (Å²) in [6.07, 6.45) is 5.08. The van der Waals surface area contributed by atoms with Crippen molar-refractivity contribution in [1.29, 1.82) is 0 Å². The monoisotopic (exact) mass is 291 g/mol. The van der Waals surface area contributed by atoms with Gasteiger partial charge in [0.05, 0.1) is 25.9 Å². The number of rotatable bonds is 2. The van der Waals surface area contributed by atoms with E-state index in [4.69, 9.17) is 14.2 Å². The summed E-state index contributed by atoms with van der Waals surface area (Å²) in [6, 6.07) is 3.73. The predicted octanol–water partition coefficient (Wildman–Crippen LogP) is 1.84. The molecule has 2 aliphatic carbocycles. The van der Waals surface area contributed by atoms with Crippen LogP contribution in [0.3, 0.4) is 0 Å². The molecule has 0 amide bonds. The van der Waals surface area contributed by atoms with Crippen molar-refractivity contribution in [3.05, 3.63) is 23.9 Å². The average Bonchev–Trinajstić information content (AvgIpc) is 3.14. The van der Waals surface area contributed by atoms with Gasteiger partial charge in [0.25, 0.3) is 0 Å². The molecule has 114 valence electrons. The molecule has 1 N–H and O–H groups in total. The Morgan fingerprint density at radius 1 is 1.14 bits per heavy atom. The van der Waals surface area contributed by atoms with Crippen molar-refractivity contribution < 1.29 is 19.3 Å². The van der Waals surface area contributed by atoms with E-state index in [9.17, 15) is 5.11 Å². The fraction of sp³-hybridized carbons (Fsp3) is 0.688. The van der Waals surface area contributed by atoms with E-state index in [0.717, 1.165) is 31.2 Å². The van der Waals surface area contributed by atoms with E-state index < -0.39 is 5.60 Å². The van der Waals surface area contributed by atoms with E-state index in [1.54, 1.807) is 13.3 Å². The molecule has 21 heavy (non-hydrogen) atoms. The van der Waals surface area contributed by atoms with Crippen LogP contribution in [0.1, 0.15) is 31.2 Å². The van der Waals surface area contributed by atoms with Gasteiger partial charge in [-0.2, -0.15) is 0 Å². The molecule has 3 fully saturated rings. The van der Waals surface area contributed by atoms with Gasteiger partial charge in [0.2, 0.25) is 5.88 Å². The number of aliphatic hydroxyl groups is 1. The minimum absolute atomic E-state index is 0.352. The van der Waals surface area contributed by atoms with Crippen LogP contribution in [0.5, 0.6) is 5.88 Å². The average molecular weight is 291 g/mol. The van der Waals surface area contributed by atoms with Crippen molar-refractivity contribution in [2.75, 3.05) is 20.3 Å². The quantitative estimate of drug-likeness (QED) is 0.901. The first-order valence-electron chi connectivity index (χ1n) is 7.63. The molecular formula is C16H21NO4. The number of hydrogen-bond acceptors (Lipinski definition) is 5. The van der Waals surface area contributed by atoms with Gasteiger partial charge in [0, 0.05) is 30.7 Å². The van der Waals surface area contributed by atoms with Gasteiger partial charge in [0.15, 0.2) is 5.79 Å². The summed E-state index contributed by atoms with van der Waals surface area (Å²) in [7, 11) is 1.59. The Bertz CT molecular complexity index is 508. The van der Waals surface area contributed by atoms with Gasteiger partial charge in [-0.1, -0.05) is 0 Å². The second kappa shape index (κ2) is 4.66. The normalized spacial score (nSPS) is 37.0. The van der Waals surface area contributed by atoms with Gasteiger partial charge < -0.3 is 19.3 Å². The Morgan fingerprint density at radius 2 is 1.81 bits per heavy atom. The van der Waals surface area contributed by atoms with Crippen molar-refractivity contribution >= 4 is 0 Å². The SMILES string of the molecule is COc1ccc(C2(O)C[C@H]3CC4(C[C@H]3C2)OCCO4)cn1. The van der Waals surface area contributed by atoms with Gasteiger partial charge in [0.1, 0.15) is 0 Å². The van der Waals surface area contributed by atoms with Gasteiger partial charge >= 0.3 is 0 Å². The topological polar surface area (TPSA) is 60.8 Å². The van der Waals surface area contributed by atoms with Gasteiger partial charge in [-0.3, -0.25) is 0 Å². The highest BCUT2D eigenvalue weighted by Crippen LogP contribution is 2.57. The Labute approximate surface area is 124 Å². The third kappa shape index (κ3) is 2.15. The van der Waals surface area contributed by atoms with Crippen molar-refractivity contribution in [3.8, 4) is 5.88 Å². The zero-order valence-electron chi connectivity index (χ0n) is 12.2. The smallest absolute Gasteiger partial charge is 0.212 e. The molecule has 3 aliphatic rings. The number of pyridine rings is 1. The van der Waals surface area contributed by atoms with Crippen LogP contribution in [0.2, 0.25) is 0 Å². The van der Waals surface area contributed by atoms with Gasteiger partial charge in [-0.05, 0) is 30.7 Å². The molecule has 4 rings (SSSR count). The molecule has 1 unspecified atom stereocenters. The summed E-state index contributed by atoms with van der Waals surface area (Å²) in [5.74, 6) is 1.16. The third-order valence-electron chi connectivity index (χ3n) is 5.31. The molecule has 3 atom stereocenters. The number of aromatic nitrogens is 1. The lowest BCUT2D eigenvalue weighted by Gasteiger charge is -2.28. The fourth-order valence-electron chi connectivity index (χ4n) is 4.39. The number of ether oxygens (including phenoxy) is 3. The van der Waals surface area contributed by atoms with Crippen molar-refractivity contribution in [2.24, 2.45) is 11.8 Å². The van der Waals surface area contributed by atoms with Gasteiger partial charge in [-0.15, -0.1) is 0 Å². The van der Waals surface area contributed by atoms with Crippen molar-refractivity contribution in [3.63, 3.8) is 0 Å².